The number of aliphatic carboxylic acids is 1. The molecule has 2 fully saturated rings. The van der Waals surface area contributed by atoms with Gasteiger partial charge in [-0.2, -0.15) is 0 Å². The fourth-order valence-electron chi connectivity index (χ4n) is 4.53. The fourth-order valence-corrected chi connectivity index (χ4v) is 6.03. The van der Waals surface area contributed by atoms with Gasteiger partial charge in [-0.15, -0.1) is 11.8 Å². The Labute approximate surface area is 175 Å². The molecule has 2 saturated heterocycles. The van der Waals surface area contributed by atoms with E-state index < -0.39 is 18.0 Å². The Bertz CT molecular complexity index is 791. The van der Waals surface area contributed by atoms with Crippen LogP contribution >= 0.6 is 11.8 Å². The molecule has 8 nitrogen and oxygen atoms in total. The molecule has 3 aliphatic heterocycles. The number of aliphatic hydroxyl groups is 1. The summed E-state index contributed by atoms with van der Waals surface area (Å²) in [5.41, 5.74) is 0.736. The highest BCUT2D eigenvalue weighted by molar-refractivity contribution is 8.03. The molecule has 0 aromatic carbocycles. The quantitative estimate of drug-likeness (QED) is 0.425. The van der Waals surface area contributed by atoms with Gasteiger partial charge >= 0.3 is 5.97 Å². The van der Waals surface area contributed by atoms with Gasteiger partial charge in [0.05, 0.1) is 18.1 Å². The van der Waals surface area contributed by atoms with Crippen molar-refractivity contribution in [3.8, 4) is 0 Å². The van der Waals surface area contributed by atoms with Crippen LogP contribution in [0.2, 0.25) is 0 Å². The van der Waals surface area contributed by atoms with Crippen LogP contribution in [-0.2, 0) is 14.4 Å². The van der Waals surface area contributed by atoms with E-state index in [0.29, 0.717) is 17.0 Å². The van der Waals surface area contributed by atoms with Crippen LogP contribution in [0, 0.1) is 11.8 Å². The predicted molar refractivity (Wildman–Crippen MR) is 110 cm³/mol. The number of carbonyl (C=O) groups is 3. The molecule has 6 atom stereocenters. The first-order valence-corrected chi connectivity index (χ1v) is 10.7. The van der Waals surface area contributed by atoms with E-state index in [9.17, 15) is 24.6 Å². The van der Waals surface area contributed by atoms with Gasteiger partial charge in [-0.05, 0) is 20.3 Å². The Morgan fingerprint density at radius 3 is 2.59 bits per heavy atom. The van der Waals surface area contributed by atoms with Gasteiger partial charge in [0.1, 0.15) is 5.70 Å². The van der Waals surface area contributed by atoms with E-state index in [1.54, 1.807) is 27.9 Å². The van der Waals surface area contributed by atoms with Crippen LogP contribution in [0.5, 0.6) is 0 Å². The number of hydrogen-bond donors (Lipinski definition) is 3. The van der Waals surface area contributed by atoms with Gasteiger partial charge in [0.25, 0.3) is 0 Å². The lowest BCUT2D eigenvalue weighted by molar-refractivity contribution is -0.163. The van der Waals surface area contributed by atoms with Crippen molar-refractivity contribution in [2.75, 3.05) is 20.6 Å². The van der Waals surface area contributed by atoms with E-state index in [1.807, 2.05) is 13.0 Å². The van der Waals surface area contributed by atoms with Gasteiger partial charge in [-0.1, -0.05) is 13.0 Å². The van der Waals surface area contributed by atoms with Crippen LogP contribution in [0.1, 0.15) is 27.2 Å². The standard InChI is InChI=1S/C20H29N3O5S/c1-9(18(25)22(4)5)6-12-7-13(8-21-12)29-17-10(2)15-14(11(3)24)19(26)23(15)16(17)20(27)28/h6,10-15,21,24H,7-8H2,1-5H3,(H,27,28)/b9-6+/t10-,11-,12-,13+,14-,15-/m1/s1. The number of β-lactam (4-membered cyclic amide) rings is 1. The summed E-state index contributed by atoms with van der Waals surface area (Å²) in [6.45, 7) is 5.99. The minimum absolute atomic E-state index is 0.0322. The molecule has 0 aliphatic carbocycles. The zero-order valence-electron chi connectivity index (χ0n) is 17.4. The highest BCUT2D eigenvalue weighted by Gasteiger charge is 2.60. The van der Waals surface area contributed by atoms with Crippen molar-refractivity contribution in [1.82, 2.24) is 15.1 Å². The minimum atomic E-state index is -1.10. The number of fused-ring (bicyclic) bond motifs is 1. The normalized spacial score (nSPS) is 32.9. The van der Waals surface area contributed by atoms with Gasteiger partial charge in [-0.25, -0.2) is 4.79 Å². The maximum Gasteiger partial charge on any atom is 0.353 e. The summed E-state index contributed by atoms with van der Waals surface area (Å²) >= 11 is 1.50. The molecule has 3 N–H and O–H groups in total. The molecule has 160 valence electrons. The van der Waals surface area contributed by atoms with E-state index >= 15 is 0 Å². The summed E-state index contributed by atoms with van der Waals surface area (Å²) in [6, 6.07) is -0.244. The molecule has 3 heterocycles. The fraction of sp³-hybridized carbons (Fsp3) is 0.650. The van der Waals surface area contributed by atoms with Crippen molar-refractivity contribution < 1.29 is 24.6 Å². The lowest BCUT2D eigenvalue weighted by Gasteiger charge is -2.46. The third-order valence-electron chi connectivity index (χ3n) is 5.92. The lowest BCUT2D eigenvalue weighted by atomic mass is 9.79. The molecular formula is C20H29N3O5S. The van der Waals surface area contributed by atoms with Gasteiger partial charge in [0, 0.05) is 48.3 Å². The van der Waals surface area contributed by atoms with Gasteiger partial charge in [0.15, 0.2) is 0 Å². The molecule has 0 saturated carbocycles. The molecule has 9 heteroatoms. The molecule has 3 aliphatic rings. The number of hydrogen-bond acceptors (Lipinski definition) is 6. The first-order valence-electron chi connectivity index (χ1n) is 9.83. The van der Waals surface area contributed by atoms with Crippen molar-refractivity contribution in [1.29, 1.82) is 0 Å². The number of aliphatic hydroxyl groups excluding tert-OH is 1. The van der Waals surface area contributed by atoms with Crippen LogP contribution in [0.15, 0.2) is 22.3 Å². The Balaban J connectivity index is 1.73. The molecule has 0 unspecified atom stereocenters. The maximum atomic E-state index is 12.4. The van der Waals surface area contributed by atoms with E-state index in [4.69, 9.17) is 0 Å². The second-order valence-electron chi connectivity index (χ2n) is 8.31. The molecule has 29 heavy (non-hydrogen) atoms. The molecule has 0 aromatic rings. The molecule has 0 bridgehead atoms. The van der Waals surface area contributed by atoms with Crippen molar-refractivity contribution in [2.45, 2.75) is 50.6 Å². The maximum absolute atomic E-state index is 12.4. The average molecular weight is 424 g/mol. The van der Waals surface area contributed by atoms with Crippen LogP contribution in [0.25, 0.3) is 0 Å². The summed E-state index contributed by atoms with van der Waals surface area (Å²) in [6.07, 6.45) is 1.89. The summed E-state index contributed by atoms with van der Waals surface area (Å²) in [7, 11) is 3.43. The molecular weight excluding hydrogens is 394 g/mol. The molecule has 0 aromatic heterocycles. The van der Waals surface area contributed by atoms with Crippen molar-refractivity contribution in [3.63, 3.8) is 0 Å². The molecule has 0 radical (unpaired) electrons. The van der Waals surface area contributed by atoms with Crippen LogP contribution in [0.4, 0.5) is 0 Å². The molecule has 2 amide bonds. The second kappa shape index (κ2) is 8.12. The average Bonchev–Trinajstić information content (AvgIpc) is 3.15. The smallest absolute Gasteiger partial charge is 0.353 e. The topological polar surface area (TPSA) is 110 Å². The monoisotopic (exact) mass is 423 g/mol. The van der Waals surface area contributed by atoms with Crippen LogP contribution in [-0.4, -0.2) is 81.9 Å². The number of nitrogens with zero attached hydrogens (tertiary/aromatic N) is 2. The van der Waals surface area contributed by atoms with Crippen molar-refractivity contribution in [2.24, 2.45) is 11.8 Å². The number of carboxylic acids is 1. The van der Waals surface area contributed by atoms with Gasteiger partial charge in [-0.3, -0.25) is 9.59 Å². The first kappa shape index (κ1) is 21.9. The number of thioether (sulfide) groups is 1. The largest absolute Gasteiger partial charge is 0.477 e. The number of nitrogens with one attached hydrogen (secondary N) is 1. The zero-order valence-corrected chi connectivity index (χ0v) is 18.2. The second-order valence-corrected chi connectivity index (χ2v) is 9.65. The van der Waals surface area contributed by atoms with Crippen molar-refractivity contribution >= 4 is 29.5 Å². The first-order chi connectivity index (χ1) is 13.5. The Hall–Kier alpha value is -1.84. The van der Waals surface area contributed by atoms with E-state index in [-0.39, 0.29) is 40.8 Å². The van der Waals surface area contributed by atoms with Crippen LogP contribution in [0.3, 0.4) is 0 Å². The predicted octanol–water partition coefficient (Wildman–Crippen LogP) is 0.638. The number of likely N-dealkylation sites (N-methyl/N-ethyl adjacent to an activating group) is 1. The number of rotatable bonds is 6. The van der Waals surface area contributed by atoms with Gasteiger partial charge < -0.3 is 25.3 Å². The molecule has 0 spiro atoms. The highest BCUT2D eigenvalue weighted by Crippen LogP contribution is 2.51. The Morgan fingerprint density at radius 2 is 2.03 bits per heavy atom. The van der Waals surface area contributed by atoms with E-state index in [0.717, 1.165) is 6.42 Å². The zero-order chi connectivity index (χ0) is 21.6. The number of carbonyl (C=O) groups excluding carboxylic acids is 2. The third-order valence-corrected chi connectivity index (χ3v) is 7.44. The van der Waals surface area contributed by atoms with Crippen LogP contribution < -0.4 is 5.32 Å². The van der Waals surface area contributed by atoms with Crippen molar-refractivity contribution in [3.05, 3.63) is 22.3 Å². The summed E-state index contributed by atoms with van der Waals surface area (Å²) in [5.74, 6) is -2.12. The molecule has 3 rings (SSSR count). The summed E-state index contributed by atoms with van der Waals surface area (Å²) < 4.78 is 0. The Kier molecular flexibility index (Phi) is 6.12. The lowest BCUT2D eigenvalue weighted by Crippen LogP contribution is -2.63. The van der Waals surface area contributed by atoms with E-state index in [1.165, 1.54) is 21.6 Å². The van der Waals surface area contributed by atoms with Gasteiger partial charge in [0.2, 0.25) is 11.8 Å². The Morgan fingerprint density at radius 1 is 1.38 bits per heavy atom. The summed E-state index contributed by atoms with van der Waals surface area (Å²) in [4.78, 5) is 40.0. The third kappa shape index (κ3) is 3.83. The number of carboxylic acid groups (broad SMARTS) is 1. The highest BCUT2D eigenvalue weighted by atomic mass is 32.2. The van der Waals surface area contributed by atoms with E-state index in [2.05, 4.69) is 5.32 Å². The summed E-state index contributed by atoms with van der Waals surface area (Å²) in [5, 5.41) is 23.2. The SMILES string of the molecule is C/C(=C\[C@@H]1C[C@H](SC2=C(C(=O)O)N3C(=O)[C@H]([C@@H](C)O)[C@H]3[C@H]2C)CN1)C(=O)N(C)C. The minimum Gasteiger partial charge on any atom is -0.477 e. The number of amides is 2.